The molecule has 0 atom stereocenters. The van der Waals surface area contributed by atoms with Crippen LogP contribution in [0.4, 0.5) is 24.3 Å². The zero-order chi connectivity index (χ0) is 20.8. The van der Waals surface area contributed by atoms with Crippen molar-refractivity contribution in [3.63, 3.8) is 0 Å². The van der Waals surface area contributed by atoms with Gasteiger partial charge in [-0.2, -0.15) is 0 Å². The number of benzene rings is 2. The largest absolute Gasteiger partial charge is 0.573 e. The highest BCUT2D eigenvalue weighted by Gasteiger charge is 2.31. The smallest absolute Gasteiger partial charge is 0.406 e. The van der Waals surface area contributed by atoms with Crippen LogP contribution < -0.4 is 15.8 Å². The van der Waals surface area contributed by atoms with Crippen LogP contribution in [0.25, 0.3) is 21.3 Å². The molecule has 4 rings (SSSR count). The Morgan fingerprint density at radius 1 is 1.21 bits per heavy atom. The van der Waals surface area contributed by atoms with Crippen LogP contribution in [0.5, 0.6) is 5.75 Å². The summed E-state index contributed by atoms with van der Waals surface area (Å²) in [5.41, 5.74) is 8.07. The summed E-state index contributed by atoms with van der Waals surface area (Å²) in [6, 6.07) is 9.37. The van der Waals surface area contributed by atoms with Gasteiger partial charge < -0.3 is 20.4 Å². The van der Waals surface area contributed by atoms with Crippen molar-refractivity contribution in [2.75, 3.05) is 5.32 Å². The second-order valence-corrected chi connectivity index (χ2v) is 7.31. The monoisotopic (exact) mass is 421 g/mol. The first-order valence-electron chi connectivity index (χ1n) is 8.35. The maximum atomic E-state index is 12.4. The van der Waals surface area contributed by atoms with Crippen LogP contribution in [-0.2, 0) is 18.3 Å². The first kappa shape index (κ1) is 19.0. The molecule has 2 aromatic heterocycles. The lowest BCUT2D eigenvalue weighted by atomic mass is 10.1. The normalized spacial score (nSPS) is 11.9. The third-order valence-corrected chi connectivity index (χ3v) is 5.07. The highest BCUT2D eigenvalue weighted by atomic mass is 32.1. The minimum absolute atomic E-state index is 0.129. The third-order valence-electron chi connectivity index (χ3n) is 4.14. The molecule has 29 heavy (non-hydrogen) atoms. The van der Waals surface area contributed by atoms with Crippen molar-refractivity contribution in [2.45, 2.75) is 12.8 Å². The van der Waals surface area contributed by atoms with Gasteiger partial charge in [-0.1, -0.05) is 17.4 Å². The number of carbonyl (C=O) groups is 1. The molecular weight excluding hydrogens is 407 g/mol. The molecule has 0 saturated heterocycles. The van der Waals surface area contributed by atoms with Gasteiger partial charge in [0.15, 0.2) is 5.13 Å². The Bertz CT molecular complexity index is 1230. The lowest BCUT2D eigenvalue weighted by molar-refractivity contribution is -0.274. The van der Waals surface area contributed by atoms with Crippen LogP contribution >= 0.6 is 11.3 Å². The number of hydrogen-bond acceptors (Lipinski definition) is 6. The van der Waals surface area contributed by atoms with Gasteiger partial charge in [0.05, 0.1) is 27.7 Å². The van der Waals surface area contributed by atoms with Gasteiger partial charge in [0.2, 0.25) is 11.9 Å². The Balaban J connectivity index is 1.63. The van der Waals surface area contributed by atoms with Gasteiger partial charge in [0, 0.05) is 13.1 Å². The molecule has 3 N–H and O–H groups in total. The lowest BCUT2D eigenvalue weighted by Gasteiger charge is -2.07. The van der Waals surface area contributed by atoms with E-state index in [0.29, 0.717) is 26.8 Å². The molecule has 2 aromatic carbocycles. The number of primary amides is 1. The highest BCUT2D eigenvalue weighted by molar-refractivity contribution is 7.22. The minimum atomic E-state index is -4.75. The van der Waals surface area contributed by atoms with Gasteiger partial charge in [0.25, 0.3) is 0 Å². The number of nitrogens with zero attached hydrogens (tertiary/aromatic N) is 3. The summed E-state index contributed by atoms with van der Waals surface area (Å²) in [7, 11) is 1.80. The summed E-state index contributed by atoms with van der Waals surface area (Å²) in [5.74, 6) is -0.222. The number of ether oxygens (including phenoxy) is 1. The summed E-state index contributed by atoms with van der Waals surface area (Å²) in [6.45, 7) is 0. The molecule has 7 nitrogen and oxygen atoms in total. The summed E-state index contributed by atoms with van der Waals surface area (Å²) in [5, 5.41) is 3.56. The maximum Gasteiger partial charge on any atom is 0.573 e. The molecule has 0 aliphatic heterocycles. The first-order valence-corrected chi connectivity index (χ1v) is 9.16. The average Bonchev–Trinajstić information content (AvgIpc) is 3.14. The van der Waals surface area contributed by atoms with Gasteiger partial charge in [-0.15, -0.1) is 13.2 Å². The molecule has 0 spiro atoms. The van der Waals surface area contributed by atoms with E-state index in [1.54, 1.807) is 23.7 Å². The molecule has 150 valence electrons. The minimum Gasteiger partial charge on any atom is -0.406 e. The van der Waals surface area contributed by atoms with Crippen molar-refractivity contribution in [3.05, 3.63) is 42.0 Å². The van der Waals surface area contributed by atoms with E-state index < -0.39 is 12.3 Å². The fourth-order valence-electron chi connectivity index (χ4n) is 2.91. The van der Waals surface area contributed by atoms with Gasteiger partial charge in [0.1, 0.15) is 5.75 Å². The number of fused-ring (bicyclic) bond motifs is 2. The quantitative estimate of drug-likeness (QED) is 0.510. The SMILES string of the molecule is Cn1c(Nc2nc3ccc(OC(F)(F)F)cc3s2)nc2ccc(CC(N)=O)cc21. The average molecular weight is 421 g/mol. The number of alkyl halides is 3. The zero-order valence-corrected chi connectivity index (χ0v) is 15.8. The molecule has 2 heterocycles. The molecule has 0 saturated carbocycles. The van der Waals surface area contributed by atoms with E-state index in [-0.39, 0.29) is 12.2 Å². The number of imidazole rings is 1. The topological polar surface area (TPSA) is 95.1 Å². The number of thiazole rings is 1. The van der Waals surface area contributed by atoms with Crippen molar-refractivity contribution in [1.29, 1.82) is 0 Å². The van der Waals surface area contributed by atoms with Crippen molar-refractivity contribution in [1.82, 2.24) is 14.5 Å². The van der Waals surface area contributed by atoms with E-state index in [2.05, 4.69) is 20.0 Å². The summed E-state index contributed by atoms with van der Waals surface area (Å²) in [4.78, 5) is 20.0. The van der Waals surface area contributed by atoms with Crippen molar-refractivity contribution in [2.24, 2.45) is 12.8 Å². The standard InChI is InChI=1S/C18H14F3N5O2S/c1-26-13-6-9(7-15(22)27)2-4-11(13)23-16(26)25-17-24-12-5-3-10(8-14(12)29-17)28-18(19,20)21/h2-6,8H,7H2,1H3,(H2,22,27)(H,23,24,25). The van der Waals surface area contributed by atoms with E-state index in [4.69, 9.17) is 5.73 Å². The van der Waals surface area contributed by atoms with Crippen LogP contribution in [-0.4, -0.2) is 26.8 Å². The summed E-state index contributed by atoms with van der Waals surface area (Å²) < 4.78 is 43.5. The molecule has 0 fully saturated rings. The Morgan fingerprint density at radius 3 is 2.69 bits per heavy atom. The Kier molecular flexibility index (Phi) is 4.53. The van der Waals surface area contributed by atoms with E-state index in [9.17, 15) is 18.0 Å². The van der Waals surface area contributed by atoms with Crippen LogP contribution in [0.15, 0.2) is 36.4 Å². The van der Waals surface area contributed by atoms with E-state index in [1.165, 1.54) is 29.5 Å². The van der Waals surface area contributed by atoms with Crippen LogP contribution in [0, 0.1) is 0 Å². The molecule has 0 aliphatic carbocycles. The van der Waals surface area contributed by atoms with E-state index >= 15 is 0 Å². The number of nitrogens with one attached hydrogen (secondary N) is 1. The zero-order valence-electron chi connectivity index (χ0n) is 14.9. The molecule has 0 bridgehead atoms. The number of aromatic nitrogens is 3. The van der Waals surface area contributed by atoms with Crippen molar-refractivity contribution >= 4 is 49.6 Å². The number of halogens is 3. The highest BCUT2D eigenvalue weighted by Crippen LogP contribution is 2.33. The number of nitrogens with two attached hydrogens (primary N) is 1. The molecule has 4 aromatic rings. The fraction of sp³-hybridized carbons (Fsp3) is 0.167. The molecule has 11 heteroatoms. The van der Waals surface area contributed by atoms with Crippen LogP contribution in [0.1, 0.15) is 5.56 Å². The van der Waals surface area contributed by atoms with Gasteiger partial charge in [-0.3, -0.25) is 4.79 Å². The predicted molar refractivity (Wildman–Crippen MR) is 103 cm³/mol. The van der Waals surface area contributed by atoms with Gasteiger partial charge >= 0.3 is 6.36 Å². The summed E-state index contributed by atoms with van der Waals surface area (Å²) >= 11 is 1.18. The second-order valence-electron chi connectivity index (χ2n) is 6.28. The Morgan fingerprint density at radius 2 is 1.97 bits per heavy atom. The lowest BCUT2D eigenvalue weighted by Crippen LogP contribution is -2.16. The molecule has 0 unspecified atom stereocenters. The number of hydrogen-bond donors (Lipinski definition) is 2. The Labute approximate surface area is 165 Å². The van der Waals surface area contributed by atoms with Crippen LogP contribution in [0.2, 0.25) is 0 Å². The number of amides is 1. The first-order chi connectivity index (χ1) is 13.7. The number of aryl methyl sites for hydroxylation is 1. The molecular formula is C18H14F3N5O2S. The van der Waals surface area contributed by atoms with E-state index in [1.807, 2.05) is 6.07 Å². The second kappa shape index (κ2) is 6.92. The molecule has 0 aliphatic rings. The van der Waals surface area contributed by atoms with E-state index in [0.717, 1.165) is 11.1 Å². The van der Waals surface area contributed by atoms with Gasteiger partial charge in [-0.05, 0) is 29.8 Å². The fourth-order valence-corrected chi connectivity index (χ4v) is 3.80. The maximum absolute atomic E-state index is 12.4. The molecule has 1 amide bonds. The van der Waals surface area contributed by atoms with Crippen LogP contribution in [0.3, 0.4) is 0 Å². The van der Waals surface area contributed by atoms with Crippen molar-refractivity contribution in [3.8, 4) is 5.75 Å². The molecule has 0 radical (unpaired) electrons. The Hall–Kier alpha value is -3.34. The third kappa shape index (κ3) is 4.09. The number of carbonyl (C=O) groups excluding carboxylic acids is 1. The number of anilines is 2. The van der Waals surface area contributed by atoms with Gasteiger partial charge in [-0.25, -0.2) is 9.97 Å². The number of rotatable bonds is 5. The predicted octanol–water partition coefficient (Wildman–Crippen LogP) is 3.85. The summed E-state index contributed by atoms with van der Waals surface area (Å²) in [6.07, 6.45) is -4.62. The van der Waals surface area contributed by atoms with Crippen molar-refractivity contribution < 1.29 is 22.7 Å².